The minimum absolute atomic E-state index is 0.0302. The number of halogens is 2. The van der Waals surface area contributed by atoms with Gasteiger partial charge in [-0.2, -0.15) is 0 Å². The van der Waals surface area contributed by atoms with Crippen LogP contribution in [0, 0.1) is 11.7 Å². The van der Waals surface area contributed by atoms with Crippen molar-refractivity contribution in [3.8, 4) is 0 Å². The zero-order valence-electron chi connectivity index (χ0n) is 13.3. The van der Waals surface area contributed by atoms with Crippen LogP contribution in [0.15, 0.2) is 30.9 Å². The van der Waals surface area contributed by atoms with Crippen LogP contribution < -0.4 is 5.32 Å². The molecule has 2 atom stereocenters. The van der Waals surface area contributed by atoms with E-state index in [4.69, 9.17) is 11.6 Å². The third-order valence-electron chi connectivity index (χ3n) is 4.84. The molecular weight excluding hydrogens is 331 g/mol. The third kappa shape index (κ3) is 3.61. The summed E-state index contributed by atoms with van der Waals surface area (Å²) in [4.78, 5) is 25.6. The van der Waals surface area contributed by atoms with E-state index in [0.717, 1.165) is 12.0 Å². The number of piperidine rings is 1. The molecule has 4 nitrogen and oxygen atoms in total. The highest BCUT2D eigenvalue weighted by Crippen LogP contribution is 2.41. The van der Waals surface area contributed by atoms with Crippen molar-refractivity contribution in [1.29, 1.82) is 0 Å². The van der Waals surface area contributed by atoms with Gasteiger partial charge in [0.25, 0.3) is 0 Å². The lowest BCUT2D eigenvalue weighted by Gasteiger charge is -2.30. The summed E-state index contributed by atoms with van der Waals surface area (Å²) < 4.78 is 13.5. The molecule has 1 heterocycles. The molecule has 2 fully saturated rings. The number of carbonyl (C=O) groups is 2. The Bertz CT molecular complexity index is 671. The topological polar surface area (TPSA) is 49.4 Å². The highest BCUT2D eigenvalue weighted by atomic mass is 35.5. The first kappa shape index (κ1) is 17.0. The fourth-order valence-corrected chi connectivity index (χ4v) is 3.38. The van der Waals surface area contributed by atoms with Crippen LogP contribution in [0.1, 0.15) is 30.7 Å². The molecule has 24 heavy (non-hydrogen) atoms. The molecule has 1 aliphatic carbocycles. The van der Waals surface area contributed by atoms with Gasteiger partial charge in [-0.25, -0.2) is 4.39 Å². The Labute approximate surface area is 145 Å². The summed E-state index contributed by atoms with van der Waals surface area (Å²) in [5.74, 6) is -0.390. The van der Waals surface area contributed by atoms with E-state index in [2.05, 4.69) is 11.9 Å². The van der Waals surface area contributed by atoms with E-state index in [1.54, 1.807) is 11.0 Å². The molecular formula is C18H20ClFN2O2. The van der Waals surface area contributed by atoms with Gasteiger partial charge in [0.15, 0.2) is 0 Å². The van der Waals surface area contributed by atoms with Crippen LogP contribution >= 0.6 is 11.6 Å². The van der Waals surface area contributed by atoms with Crippen molar-refractivity contribution in [2.45, 2.75) is 31.2 Å². The number of benzene rings is 1. The van der Waals surface area contributed by atoms with Crippen LogP contribution in [0.4, 0.5) is 4.39 Å². The van der Waals surface area contributed by atoms with E-state index in [1.807, 2.05) is 6.07 Å². The predicted molar refractivity (Wildman–Crippen MR) is 90.2 cm³/mol. The van der Waals surface area contributed by atoms with Crippen LogP contribution in [0.3, 0.4) is 0 Å². The summed E-state index contributed by atoms with van der Waals surface area (Å²) in [5, 5.41) is 3.16. The first-order valence-corrected chi connectivity index (χ1v) is 8.54. The number of amides is 2. The third-order valence-corrected chi connectivity index (χ3v) is 5.15. The number of likely N-dealkylation sites (tertiary alicyclic amines) is 1. The molecule has 0 bridgehead atoms. The molecule has 1 saturated heterocycles. The minimum atomic E-state index is -0.426. The van der Waals surface area contributed by atoms with Crippen LogP contribution in [0.25, 0.3) is 0 Å². The zero-order valence-corrected chi connectivity index (χ0v) is 14.1. The Kier molecular flexibility index (Phi) is 4.90. The molecule has 2 amide bonds. The van der Waals surface area contributed by atoms with Gasteiger partial charge in [0.05, 0.1) is 5.02 Å². The second-order valence-electron chi connectivity index (χ2n) is 6.43. The summed E-state index contributed by atoms with van der Waals surface area (Å²) in [7, 11) is 0. The van der Waals surface area contributed by atoms with Crippen LogP contribution in [0.5, 0.6) is 0 Å². The van der Waals surface area contributed by atoms with Crippen molar-refractivity contribution >= 4 is 23.4 Å². The number of carbonyl (C=O) groups excluding carboxylic acids is 2. The second-order valence-corrected chi connectivity index (χ2v) is 6.84. The number of hydrogen-bond donors (Lipinski definition) is 1. The molecule has 3 rings (SSSR count). The van der Waals surface area contributed by atoms with Crippen LogP contribution in [-0.2, 0) is 9.59 Å². The van der Waals surface area contributed by atoms with E-state index >= 15 is 0 Å². The van der Waals surface area contributed by atoms with E-state index in [-0.39, 0.29) is 34.7 Å². The van der Waals surface area contributed by atoms with Gasteiger partial charge in [-0.1, -0.05) is 24.2 Å². The summed E-state index contributed by atoms with van der Waals surface area (Å²) in [6.07, 6.45) is 3.46. The Balaban J connectivity index is 1.49. The van der Waals surface area contributed by atoms with E-state index < -0.39 is 5.82 Å². The number of rotatable bonds is 4. The van der Waals surface area contributed by atoms with Gasteiger partial charge in [-0.05, 0) is 43.0 Å². The number of nitrogens with zero attached hydrogens (tertiary/aromatic N) is 1. The van der Waals surface area contributed by atoms with E-state index in [0.29, 0.717) is 25.9 Å². The normalized spacial score (nSPS) is 23.7. The van der Waals surface area contributed by atoms with Crippen LogP contribution in [-0.4, -0.2) is 35.8 Å². The number of nitrogens with one attached hydrogen (secondary N) is 1. The van der Waals surface area contributed by atoms with Gasteiger partial charge < -0.3 is 10.2 Å². The highest BCUT2D eigenvalue weighted by molar-refractivity contribution is 6.30. The molecule has 0 spiro atoms. The van der Waals surface area contributed by atoms with Crippen LogP contribution in [0.2, 0.25) is 5.02 Å². The summed E-state index contributed by atoms with van der Waals surface area (Å²) in [6, 6.07) is 4.86. The molecule has 1 aromatic rings. The van der Waals surface area contributed by atoms with Crippen molar-refractivity contribution in [3.05, 3.63) is 47.3 Å². The summed E-state index contributed by atoms with van der Waals surface area (Å²) in [6.45, 7) is 4.65. The maximum atomic E-state index is 13.5. The summed E-state index contributed by atoms with van der Waals surface area (Å²) >= 11 is 5.69. The molecule has 0 aromatic heterocycles. The van der Waals surface area contributed by atoms with E-state index in [9.17, 15) is 14.0 Å². The summed E-state index contributed by atoms with van der Waals surface area (Å²) in [5.41, 5.74) is 0.869. The van der Waals surface area contributed by atoms with Crippen molar-refractivity contribution in [2.75, 3.05) is 13.1 Å². The second kappa shape index (κ2) is 6.93. The predicted octanol–water partition coefficient (Wildman–Crippen LogP) is 2.88. The fourth-order valence-electron chi connectivity index (χ4n) is 3.26. The van der Waals surface area contributed by atoms with Gasteiger partial charge in [0.2, 0.25) is 11.8 Å². The smallest absolute Gasteiger partial charge is 0.245 e. The lowest BCUT2D eigenvalue weighted by atomic mass is 9.95. The van der Waals surface area contributed by atoms with Gasteiger partial charge in [-0.3, -0.25) is 9.59 Å². The highest BCUT2D eigenvalue weighted by Gasteiger charge is 2.41. The lowest BCUT2D eigenvalue weighted by Crippen LogP contribution is -2.43. The lowest BCUT2D eigenvalue weighted by molar-refractivity contribution is -0.132. The monoisotopic (exact) mass is 350 g/mol. The molecule has 2 aliphatic rings. The van der Waals surface area contributed by atoms with Crippen molar-refractivity contribution in [1.82, 2.24) is 10.2 Å². The number of hydrogen-bond acceptors (Lipinski definition) is 2. The maximum Gasteiger partial charge on any atom is 0.245 e. The molecule has 1 N–H and O–H groups in total. The molecule has 0 unspecified atom stereocenters. The Morgan fingerprint density at radius 1 is 1.33 bits per heavy atom. The maximum absolute atomic E-state index is 13.5. The molecule has 128 valence electrons. The Morgan fingerprint density at radius 2 is 2.04 bits per heavy atom. The Morgan fingerprint density at radius 3 is 2.67 bits per heavy atom. The first-order chi connectivity index (χ1) is 11.5. The van der Waals surface area contributed by atoms with Gasteiger partial charge >= 0.3 is 0 Å². The van der Waals surface area contributed by atoms with Crippen molar-refractivity contribution in [3.63, 3.8) is 0 Å². The standard InChI is InChI=1S/C18H20ClFN2O2/c1-2-17(23)22-7-5-11(6-8-22)18(24)21-16-10-13(16)12-3-4-14(19)15(20)9-12/h2-4,9,11,13,16H,1,5-8,10H2,(H,21,24)/t13-,16+/m0/s1. The van der Waals surface area contributed by atoms with Crippen molar-refractivity contribution < 1.29 is 14.0 Å². The molecule has 1 aliphatic heterocycles. The SMILES string of the molecule is C=CC(=O)N1CCC(C(=O)N[C@@H]2C[C@H]2c2ccc(Cl)c(F)c2)CC1. The van der Waals surface area contributed by atoms with E-state index in [1.165, 1.54) is 12.1 Å². The Hall–Kier alpha value is -1.88. The van der Waals surface area contributed by atoms with Gasteiger partial charge in [0.1, 0.15) is 5.82 Å². The molecule has 0 radical (unpaired) electrons. The first-order valence-electron chi connectivity index (χ1n) is 8.16. The van der Waals surface area contributed by atoms with Crippen molar-refractivity contribution in [2.24, 2.45) is 5.92 Å². The molecule has 1 saturated carbocycles. The zero-order chi connectivity index (χ0) is 17.3. The minimum Gasteiger partial charge on any atom is -0.352 e. The fraction of sp³-hybridized carbons (Fsp3) is 0.444. The largest absolute Gasteiger partial charge is 0.352 e. The quantitative estimate of drug-likeness (QED) is 0.849. The average molecular weight is 351 g/mol. The average Bonchev–Trinajstić information content (AvgIpc) is 3.35. The molecule has 1 aromatic carbocycles. The van der Waals surface area contributed by atoms with Gasteiger partial charge in [0, 0.05) is 31.0 Å². The molecule has 6 heteroatoms. The van der Waals surface area contributed by atoms with Gasteiger partial charge in [-0.15, -0.1) is 0 Å².